The van der Waals surface area contributed by atoms with Gasteiger partial charge >= 0.3 is 0 Å². The standard InChI is InChI=1S/C8H5BrCl2O/c1-4-6(9)2-5(8(11)12)3-7(4)10/h2-3H,1H3. The zero-order valence-corrected chi connectivity index (χ0v) is 9.29. The van der Waals surface area contributed by atoms with Crippen LogP contribution in [-0.2, 0) is 0 Å². The quantitative estimate of drug-likeness (QED) is 0.708. The summed E-state index contributed by atoms with van der Waals surface area (Å²) in [6, 6.07) is 3.20. The van der Waals surface area contributed by atoms with Crippen molar-refractivity contribution < 1.29 is 4.79 Å². The van der Waals surface area contributed by atoms with Crippen molar-refractivity contribution in [3.63, 3.8) is 0 Å². The van der Waals surface area contributed by atoms with Crippen molar-refractivity contribution in [1.29, 1.82) is 0 Å². The molecule has 0 unspecified atom stereocenters. The van der Waals surface area contributed by atoms with Gasteiger partial charge in [-0.25, -0.2) is 0 Å². The van der Waals surface area contributed by atoms with Crippen molar-refractivity contribution in [2.24, 2.45) is 0 Å². The fourth-order valence-electron chi connectivity index (χ4n) is 0.759. The molecule has 0 aliphatic carbocycles. The van der Waals surface area contributed by atoms with Crippen LogP contribution in [0.1, 0.15) is 15.9 Å². The summed E-state index contributed by atoms with van der Waals surface area (Å²) in [6.45, 7) is 1.86. The molecule has 0 N–H and O–H groups in total. The summed E-state index contributed by atoms with van der Waals surface area (Å²) in [6.07, 6.45) is 0. The van der Waals surface area contributed by atoms with Gasteiger partial charge in [0.05, 0.1) is 0 Å². The van der Waals surface area contributed by atoms with Gasteiger partial charge in [-0.3, -0.25) is 4.79 Å². The van der Waals surface area contributed by atoms with Crippen molar-refractivity contribution in [2.75, 3.05) is 0 Å². The number of hydrogen-bond acceptors (Lipinski definition) is 1. The van der Waals surface area contributed by atoms with Gasteiger partial charge in [-0.15, -0.1) is 0 Å². The fourth-order valence-corrected chi connectivity index (χ4v) is 1.66. The molecule has 1 nitrogen and oxygen atoms in total. The van der Waals surface area contributed by atoms with Gasteiger partial charge in [0.1, 0.15) is 0 Å². The summed E-state index contributed by atoms with van der Waals surface area (Å²) in [5.41, 5.74) is 1.30. The maximum atomic E-state index is 10.7. The molecule has 64 valence electrons. The highest BCUT2D eigenvalue weighted by molar-refractivity contribution is 9.10. The first kappa shape index (κ1) is 10.0. The maximum Gasteiger partial charge on any atom is 0.252 e. The Kier molecular flexibility index (Phi) is 3.16. The molecule has 0 aromatic heterocycles. The molecule has 0 saturated carbocycles. The highest BCUT2D eigenvalue weighted by Gasteiger charge is 2.07. The molecular weight excluding hydrogens is 263 g/mol. The van der Waals surface area contributed by atoms with Crippen LogP contribution in [0.25, 0.3) is 0 Å². The molecule has 0 atom stereocenters. The van der Waals surface area contributed by atoms with Gasteiger partial charge in [0.25, 0.3) is 5.24 Å². The summed E-state index contributed by atoms with van der Waals surface area (Å²) < 4.78 is 0.791. The van der Waals surface area contributed by atoms with Gasteiger partial charge in [-0.2, -0.15) is 0 Å². The molecule has 0 heterocycles. The molecule has 1 aromatic carbocycles. The summed E-state index contributed by atoms with van der Waals surface area (Å²) in [7, 11) is 0. The lowest BCUT2D eigenvalue weighted by Crippen LogP contribution is -1.90. The molecule has 0 amide bonds. The molecule has 1 aromatic rings. The van der Waals surface area contributed by atoms with Crippen molar-refractivity contribution in [3.05, 3.63) is 32.8 Å². The molecular formula is C8H5BrCl2O. The van der Waals surface area contributed by atoms with Crippen LogP contribution in [0.3, 0.4) is 0 Å². The van der Waals surface area contributed by atoms with E-state index < -0.39 is 5.24 Å². The Hall–Kier alpha value is -0.0500. The zero-order chi connectivity index (χ0) is 9.30. The fraction of sp³-hybridized carbons (Fsp3) is 0.125. The molecule has 0 fully saturated rings. The molecule has 0 aliphatic rings. The Labute approximate surface area is 88.8 Å². The summed E-state index contributed by atoms with van der Waals surface area (Å²) in [5.74, 6) is 0. The molecule has 0 bridgehead atoms. The van der Waals surface area contributed by atoms with Crippen LogP contribution >= 0.6 is 39.1 Å². The van der Waals surface area contributed by atoms with Crippen LogP contribution in [0.15, 0.2) is 16.6 Å². The van der Waals surface area contributed by atoms with Gasteiger partial charge in [-0.1, -0.05) is 27.5 Å². The van der Waals surface area contributed by atoms with Gasteiger partial charge < -0.3 is 0 Å². The number of rotatable bonds is 1. The van der Waals surface area contributed by atoms with Crippen molar-refractivity contribution in [1.82, 2.24) is 0 Å². The first-order chi connectivity index (χ1) is 5.52. The van der Waals surface area contributed by atoms with Crippen LogP contribution in [0.5, 0.6) is 0 Å². The lowest BCUT2D eigenvalue weighted by Gasteiger charge is -2.02. The van der Waals surface area contributed by atoms with E-state index in [-0.39, 0.29) is 0 Å². The SMILES string of the molecule is Cc1c(Cl)cc(C(=O)Cl)cc1Br. The molecule has 0 radical (unpaired) electrons. The third-order valence-corrected chi connectivity index (χ3v) is 2.94. The predicted molar refractivity (Wildman–Crippen MR) is 54.1 cm³/mol. The molecule has 0 saturated heterocycles. The number of carbonyl (C=O) groups is 1. The van der Waals surface area contributed by atoms with Crippen LogP contribution < -0.4 is 0 Å². The van der Waals surface area contributed by atoms with E-state index in [0.717, 1.165) is 10.0 Å². The van der Waals surface area contributed by atoms with E-state index in [4.69, 9.17) is 23.2 Å². The first-order valence-corrected chi connectivity index (χ1v) is 4.72. The largest absolute Gasteiger partial charge is 0.276 e. The van der Waals surface area contributed by atoms with Gasteiger partial charge in [0.15, 0.2) is 0 Å². The number of halogens is 3. The van der Waals surface area contributed by atoms with E-state index in [1.807, 2.05) is 6.92 Å². The molecule has 0 aliphatic heterocycles. The topological polar surface area (TPSA) is 17.1 Å². The molecule has 1 rings (SSSR count). The van der Waals surface area contributed by atoms with Gasteiger partial charge in [0.2, 0.25) is 0 Å². The average Bonchev–Trinajstić information content (AvgIpc) is 1.99. The van der Waals surface area contributed by atoms with Crippen molar-refractivity contribution >= 4 is 44.4 Å². The normalized spacial score (nSPS) is 10.0. The lowest BCUT2D eigenvalue weighted by molar-refractivity contribution is 0.108. The predicted octanol–water partition coefficient (Wildman–Crippen LogP) is 3.79. The lowest BCUT2D eigenvalue weighted by atomic mass is 10.2. The second kappa shape index (κ2) is 3.77. The second-order valence-electron chi connectivity index (χ2n) is 2.34. The molecule has 4 heteroatoms. The minimum Gasteiger partial charge on any atom is -0.276 e. The smallest absolute Gasteiger partial charge is 0.252 e. The summed E-state index contributed by atoms with van der Waals surface area (Å²) in [5, 5.41) is 0.0333. The van der Waals surface area contributed by atoms with Crippen molar-refractivity contribution in [2.45, 2.75) is 6.92 Å². The van der Waals surface area contributed by atoms with E-state index in [9.17, 15) is 4.79 Å². The van der Waals surface area contributed by atoms with E-state index >= 15 is 0 Å². The van der Waals surface area contributed by atoms with Crippen molar-refractivity contribution in [3.8, 4) is 0 Å². The summed E-state index contributed by atoms with van der Waals surface area (Å²) in [4.78, 5) is 10.7. The minimum absolute atomic E-state index is 0.402. The highest BCUT2D eigenvalue weighted by atomic mass is 79.9. The first-order valence-electron chi connectivity index (χ1n) is 3.18. The Morgan fingerprint density at radius 2 is 2.08 bits per heavy atom. The third-order valence-electron chi connectivity index (χ3n) is 1.51. The summed E-state index contributed by atoms with van der Waals surface area (Å²) >= 11 is 14.4. The minimum atomic E-state index is -0.502. The number of hydrogen-bond donors (Lipinski definition) is 0. The molecule has 0 spiro atoms. The van der Waals surface area contributed by atoms with Gasteiger partial charge in [-0.05, 0) is 36.2 Å². The van der Waals surface area contributed by atoms with E-state index in [1.54, 1.807) is 12.1 Å². The van der Waals surface area contributed by atoms with E-state index in [0.29, 0.717) is 10.6 Å². The second-order valence-corrected chi connectivity index (χ2v) is 3.94. The molecule has 12 heavy (non-hydrogen) atoms. The van der Waals surface area contributed by atoms with E-state index in [2.05, 4.69) is 15.9 Å². The average molecular weight is 268 g/mol. The van der Waals surface area contributed by atoms with E-state index in [1.165, 1.54) is 0 Å². The Bertz CT molecular complexity index is 313. The Morgan fingerprint density at radius 3 is 2.50 bits per heavy atom. The van der Waals surface area contributed by atoms with Crippen LogP contribution in [0, 0.1) is 6.92 Å². The number of carbonyl (C=O) groups excluding carboxylic acids is 1. The van der Waals surface area contributed by atoms with Crippen LogP contribution in [0.4, 0.5) is 0 Å². The monoisotopic (exact) mass is 266 g/mol. The zero-order valence-electron chi connectivity index (χ0n) is 6.20. The number of benzene rings is 1. The Balaban J connectivity index is 3.31. The maximum absolute atomic E-state index is 10.7. The Morgan fingerprint density at radius 1 is 1.50 bits per heavy atom. The van der Waals surface area contributed by atoms with Gasteiger partial charge in [0, 0.05) is 15.1 Å². The highest BCUT2D eigenvalue weighted by Crippen LogP contribution is 2.26. The third kappa shape index (κ3) is 2.00. The van der Waals surface area contributed by atoms with Crippen LogP contribution in [-0.4, -0.2) is 5.24 Å². The van der Waals surface area contributed by atoms with Crippen LogP contribution in [0.2, 0.25) is 5.02 Å².